The van der Waals surface area contributed by atoms with E-state index in [0.717, 1.165) is 17.7 Å². The monoisotopic (exact) mass is 207 g/mol. The number of hydrogen-bond acceptors (Lipinski definition) is 3. The molecular weight excluding hydrogens is 190 g/mol. The topological polar surface area (TPSA) is 30.5 Å². The number of fused-ring (bicyclic) bond motifs is 1. The molecule has 1 aliphatic rings. The molecule has 0 spiro atoms. The van der Waals surface area contributed by atoms with Gasteiger partial charge >= 0.3 is 0 Å². The highest BCUT2D eigenvalue weighted by Gasteiger charge is 2.31. The Balaban J connectivity index is 2.25. The summed E-state index contributed by atoms with van der Waals surface area (Å²) in [7, 11) is 1.62. The van der Waals surface area contributed by atoms with Gasteiger partial charge in [-0.15, -0.1) is 0 Å². The standard InChI is InChI=1S/C12H17NO2/c1-12(2)7-9-5-4-6-10(8-13-14-3)11(9)15-12/h4-6,13H,7-8H2,1-3H3. The smallest absolute Gasteiger partial charge is 0.128 e. The second-order valence-corrected chi connectivity index (χ2v) is 4.47. The first-order chi connectivity index (χ1) is 7.12. The molecule has 15 heavy (non-hydrogen) atoms. The van der Waals surface area contributed by atoms with Crippen molar-refractivity contribution in [2.45, 2.75) is 32.4 Å². The summed E-state index contributed by atoms with van der Waals surface area (Å²) in [5.74, 6) is 1.02. The van der Waals surface area contributed by atoms with Crippen molar-refractivity contribution in [3.05, 3.63) is 29.3 Å². The lowest BCUT2D eigenvalue weighted by Gasteiger charge is -2.18. The Labute approximate surface area is 90.3 Å². The quantitative estimate of drug-likeness (QED) is 0.769. The van der Waals surface area contributed by atoms with E-state index in [1.54, 1.807) is 7.11 Å². The van der Waals surface area contributed by atoms with E-state index in [1.807, 2.05) is 0 Å². The van der Waals surface area contributed by atoms with Crippen LogP contribution in [0.3, 0.4) is 0 Å². The lowest BCUT2D eigenvalue weighted by atomic mass is 10.0. The van der Waals surface area contributed by atoms with E-state index in [0.29, 0.717) is 6.54 Å². The summed E-state index contributed by atoms with van der Waals surface area (Å²) in [5.41, 5.74) is 5.20. The molecule has 0 aromatic heterocycles. The van der Waals surface area contributed by atoms with Gasteiger partial charge in [0, 0.05) is 18.5 Å². The fourth-order valence-corrected chi connectivity index (χ4v) is 1.97. The predicted molar refractivity (Wildman–Crippen MR) is 58.7 cm³/mol. The number of hydroxylamine groups is 1. The fraction of sp³-hybridized carbons (Fsp3) is 0.500. The first-order valence-electron chi connectivity index (χ1n) is 5.18. The first-order valence-corrected chi connectivity index (χ1v) is 5.18. The molecule has 2 rings (SSSR count). The van der Waals surface area contributed by atoms with E-state index >= 15 is 0 Å². The first kappa shape index (κ1) is 10.5. The van der Waals surface area contributed by atoms with E-state index in [2.05, 4.69) is 37.5 Å². The highest BCUT2D eigenvalue weighted by Crippen LogP contribution is 2.37. The van der Waals surface area contributed by atoms with Crippen molar-refractivity contribution in [1.29, 1.82) is 0 Å². The van der Waals surface area contributed by atoms with Gasteiger partial charge in [0.05, 0.1) is 7.11 Å². The molecule has 1 heterocycles. The Morgan fingerprint density at radius 2 is 2.27 bits per heavy atom. The van der Waals surface area contributed by atoms with Gasteiger partial charge in [0.1, 0.15) is 11.4 Å². The van der Waals surface area contributed by atoms with Gasteiger partial charge < -0.3 is 9.57 Å². The average molecular weight is 207 g/mol. The Kier molecular flexibility index (Phi) is 2.67. The number of rotatable bonds is 3. The molecule has 3 heteroatoms. The Hall–Kier alpha value is -1.06. The molecule has 3 nitrogen and oxygen atoms in total. The largest absolute Gasteiger partial charge is 0.487 e. The molecule has 1 aromatic carbocycles. The van der Waals surface area contributed by atoms with Gasteiger partial charge in [0.15, 0.2) is 0 Å². The van der Waals surface area contributed by atoms with Crippen LogP contribution in [0.25, 0.3) is 0 Å². The maximum atomic E-state index is 5.93. The van der Waals surface area contributed by atoms with Gasteiger partial charge in [-0.05, 0) is 19.4 Å². The van der Waals surface area contributed by atoms with E-state index < -0.39 is 0 Å². The van der Waals surface area contributed by atoms with Gasteiger partial charge in [0.2, 0.25) is 0 Å². The maximum Gasteiger partial charge on any atom is 0.128 e. The highest BCUT2D eigenvalue weighted by atomic mass is 16.6. The van der Waals surface area contributed by atoms with E-state index in [1.165, 1.54) is 5.56 Å². The molecule has 0 bridgehead atoms. The number of hydrogen-bond donors (Lipinski definition) is 1. The molecule has 0 radical (unpaired) electrons. The van der Waals surface area contributed by atoms with Gasteiger partial charge in [-0.25, -0.2) is 0 Å². The molecule has 0 saturated carbocycles. The fourth-order valence-electron chi connectivity index (χ4n) is 1.97. The summed E-state index contributed by atoms with van der Waals surface area (Å²) < 4.78 is 5.93. The van der Waals surface area contributed by atoms with E-state index in [9.17, 15) is 0 Å². The lowest BCUT2D eigenvalue weighted by molar-refractivity contribution is 0.0842. The van der Waals surface area contributed by atoms with Crippen LogP contribution in [0.15, 0.2) is 18.2 Å². The summed E-state index contributed by atoms with van der Waals surface area (Å²) in [6.45, 7) is 4.90. The zero-order valence-electron chi connectivity index (χ0n) is 9.46. The van der Waals surface area contributed by atoms with Gasteiger partial charge in [-0.3, -0.25) is 0 Å². The zero-order valence-corrected chi connectivity index (χ0v) is 9.46. The summed E-state index contributed by atoms with van der Waals surface area (Å²) in [5, 5.41) is 0. The van der Waals surface area contributed by atoms with Crippen molar-refractivity contribution in [3.63, 3.8) is 0 Å². The van der Waals surface area contributed by atoms with Crippen molar-refractivity contribution in [2.75, 3.05) is 7.11 Å². The highest BCUT2D eigenvalue weighted by molar-refractivity contribution is 5.45. The second kappa shape index (κ2) is 3.83. The molecule has 82 valence electrons. The normalized spacial score (nSPS) is 17.3. The van der Waals surface area contributed by atoms with Crippen LogP contribution in [0.4, 0.5) is 0 Å². The third kappa shape index (κ3) is 2.13. The molecule has 0 amide bonds. The number of benzene rings is 1. The molecule has 0 unspecified atom stereocenters. The maximum absolute atomic E-state index is 5.93. The zero-order chi connectivity index (χ0) is 10.9. The molecule has 0 fully saturated rings. The third-order valence-electron chi connectivity index (χ3n) is 2.58. The van der Waals surface area contributed by atoms with E-state index in [-0.39, 0.29) is 5.60 Å². The molecule has 0 saturated heterocycles. The van der Waals surface area contributed by atoms with Crippen LogP contribution in [0.1, 0.15) is 25.0 Å². The average Bonchev–Trinajstić information content (AvgIpc) is 2.49. The third-order valence-corrected chi connectivity index (χ3v) is 2.58. The van der Waals surface area contributed by atoms with E-state index in [4.69, 9.17) is 9.57 Å². The van der Waals surface area contributed by atoms with Crippen LogP contribution in [0.2, 0.25) is 0 Å². The van der Waals surface area contributed by atoms with Crippen LogP contribution in [0, 0.1) is 0 Å². The van der Waals surface area contributed by atoms with Crippen molar-refractivity contribution in [1.82, 2.24) is 5.48 Å². The Morgan fingerprint density at radius 1 is 1.47 bits per heavy atom. The Morgan fingerprint density at radius 3 is 3.00 bits per heavy atom. The van der Waals surface area contributed by atoms with Crippen LogP contribution >= 0.6 is 0 Å². The molecule has 1 aliphatic heterocycles. The van der Waals surface area contributed by atoms with Crippen molar-refractivity contribution in [2.24, 2.45) is 0 Å². The van der Waals surface area contributed by atoms with Crippen LogP contribution < -0.4 is 10.2 Å². The lowest BCUT2D eigenvalue weighted by Crippen LogP contribution is -2.25. The number of ether oxygens (including phenoxy) is 1. The van der Waals surface area contributed by atoms with Crippen molar-refractivity contribution < 1.29 is 9.57 Å². The van der Waals surface area contributed by atoms with Crippen LogP contribution in [-0.4, -0.2) is 12.7 Å². The van der Waals surface area contributed by atoms with Crippen LogP contribution in [0.5, 0.6) is 5.75 Å². The Bertz CT molecular complexity index is 361. The molecule has 1 aromatic rings. The molecule has 0 aliphatic carbocycles. The van der Waals surface area contributed by atoms with Crippen LogP contribution in [-0.2, 0) is 17.8 Å². The minimum Gasteiger partial charge on any atom is -0.487 e. The minimum atomic E-state index is -0.0779. The molecule has 0 atom stereocenters. The van der Waals surface area contributed by atoms with Gasteiger partial charge in [-0.2, -0.15) is 5.48 Å². The van der Waals surface area contributed by atoms with Gasteiger partial charge in [-0.1, -0.05) is 18.2 Å². The number of para-hydroxylation sites is 1. The van der Waals surface area contributed by atoms with Crippen molar-refractivity contribution >= 4 is 0 Å². The molecular formula is C12H17NO2. The second-order valence-electron chi connectivity index (χ2n) is 4.47. The molecule has 1 N–H and O–H groups in total. The number of nitrogens with one attached hydrogen (secondary N) is 1. The summed E-state index contributed by atoms with van der Waals surface area (Å²) in [6, 6.07) is 6.25. The van der Waals surface area contributed by atoms with Crippen molar-refractivity contribution in [3.8, 4) is 5.75 Å². The SMILES string of the molecule is CONCc1cccc2c1OC(C)(C)C2. The summed E-state index contributed by atoms with van der Waals surface area (Å²) in [4.78, 5) is 4.85. The predicted octanol–water partition coefficient (Wildman–Crippen LogP) is 2.05. The summed E-state index contributed by atoms with van der Waals surface area (Å²) in [6.07, 6.45) is 0.975. The van der Waals surface area contributed by atoms with Gasteiger partial charge in [0.25, 0.3) is 0 Å². The minimum absolute atomic E-state index is 0.0779. The summed E-state index contributed by atoms with van der Waals surface area (Å²) >= 11 is 0.